The Balaban J connectivity index is 2.21. The van der Waals surface area contributed by atoms with Crippen LogP contribution >= 0.6 is 0 Å². The van der Waals surface area contributed by atoms with Crippen molar-refractivity contribution in [2.75, 3.05) is 6.61 Å². The highest BCUT2D eigenvalue weighted by molar-refractivity contribution is 7.88. The summed E-state index contributed by atoms with van der Waals surface area (Å²) in [4.78, 5) is 0. The Bertz CT molecular complexity index is 709. The molecule has 0 fully saturated rings. The minimum absolute atomic E-state index is 0.362. The van der Waals surface area contributed by atoms with Gasteiger partial charge in [-0.2, -0.15) is 21.6 Å². The number of fused-ring (bicyclic) bond motifs is 1. The fourth-order valence-electron chi connectivity index (χ4n) is 2.35. The molecule has 2 rings (SSSR count). The van der Waals surface area contributed by atoms with E-state index in [-0.39, 0.29) is 5.75 Å². The molecule has 0 atom stereocenters. The summed E-state index contributed by atoms with van der Waals surface area (Å²) in [7, 11) is -5.67. The predicted molar refractivity (Wildman–Crippen MR) is 83.5 cm³/mol. The predicted octanol–water partition coefficient (Wildman–Crippen LogP) is 4.36. The first kappa shape index (κ1) is 18.6. The Hall–Kier alpha value is -1.70. The molecule has 0 N–H and O–H groups in total. The highest BCUT2D eigenvalue weighted by Gasteiger charge is 2.48. The zero-order chi connectivity index (χ0) is 17.8. The van der Waals surface area contributed by atoms with Gasteiger partial charge in [-0.15, -0.1) is 0 Å². The summed E-state index contributed by atoms with van der Waals surface area (Å²) in [6.45, 7) is 2.48. The SMILES string of the molecule is CC1=CCCCCc2cc(OS(=O)(=O)C(F)(F)F)ccc2OCC1. The number of rotatable bonds is 2. The number of halogens is 3. The third-order valence-electron chi connectivity index (χ3n) is 3.67. The Morgan fingerprint density at radius 2 is 1.92 bits per heavy atom. The van der Waals surface area contributed by atoms with Gasteiger partial charge >= 0.3 is 15.6 Å². The van der Waals surface area contributed by atoms with E-state index in [2.05, 4.69) is 10.3 Å². The molecular weight excluding hydrogens is 345 g/mol. The molecule has 134 valence electrons. The quantitative estimate of drug-likeness (QED) is 0.445. The number of ether oxygens (including phenoxy) is 1. The van der Waals surface area contributed by atoms with Crippen LogP contribution in [0.5, 0.6) is 11.5 Å². The second kappa shape index (κ2) is 7.46. The van der Waals surface area contributed by atoms with Crippen molar-refractivity contribution >= 4 is 10.1 Å². The summed E-state index contributed by atoms with van der Waals surface area (Å²) in [5, 5.41) is 0. The first-order chi connectivity index (χ1) is 11.2. The van der Waals surface area contributed by atoms with Gasteiger partial charge in [0, 0.05) is 6.42 Å². The van der Waals surface area contributed by atoms with Crippen LogP contribution in [-0.4, -0.2) is 20.5 Å². The van der Waals surface area contributed by atoms with E-state index in [0.29, 0.717) is 24.3 Å². The first-order valence-electron chi connectivity index (χ1n) is 7.61. The van der Waals surface area contributed by atoms with Crippen LogP contribution in [0.2, 0.25) is 0 Å². The van der Waals surface area contributed by atoms with Crippen molar-refractivity contribution in [3.63, 3.8) is 0 Å². The van der Waals surface area contributed by atoms with Crippen molar-refractivity contribution in [1.82, 2.24) is 0 Å². The molecule has 8 heteroatoms. The molecule has 0 aliphatic carbocycles. The molecule has 0 aromatic heterocycles. The minimum Gasteiger partial charge on any atom is -0.493 e. The maximum absolute atomic E-state index is 12.4. The largest absolute Gasteiger partial charge is 0.534 e. The number of allylic oxidation sites excluding steroid dienone is 1. The van der Waals surface area contributed by atoms with E-state index >= 15 is 0 Å². The van der Waals surface area contributed by atoms with Gasteiger partial charge in [-0.05, 0) is 56.4 Å². The van der Waals surface area contributed by atoms with Crippen LogP contribution in [0.1, 0.15) is 38.2 Å². The maximum Gasteiger partial charge on any atom is 0.534 e. The van der Waals surface area contributed by atoms with Crippen LogP contribution < -0.4 is 8.92 Å². The van der Waals surface area contributed by atoms with Gasteiger partial charge in [-0.1, -0.05) is 11.6 Å². The fourth-order valence-corrected chi connectivity index (χ4v) is 2.80. The molecule has 0 unspecified atom stereocenters. The summed E-state index contributed by atoms with van der Waals surface area (Å²) in [6.07, 6.45) is 6.17. The van der Waals surface area contributed by atoms with Crippen LogP contribution in [0.3, 0.4) is 0 Å². The molecule has 1 aromatic rings. The Morgan fingerprint density at radius 1 is 1.17 bits per heavy atom. The molecule has 1 aliphatic heterocycles. The molecule has 0 spiro atoms. The summed E-state index contributed by atoms with van der Waals surface area (Å²) < 4.78 is 69.3. The van der Waals surface area contributed by atoms with Gasteiger partial charge in [-0.25, -0.2) is 0 Å². The van der Waals surface area contributed by atoms with Crippen LogP contribution in [0.4, 0.5) is 13.2 Å². The molecule has 0 saturated carbocycles. The van der Waals surface area contributed by atoms with Gasteiger partial charge in [0.15, 0.2) is 0 Å². The maximum atomic E-state index is 12.4. The highest BCUT2D eigenvalue weighted by atomic mass is 32.2. The monoisotopic (exact) mass is 364 g/mol. The molecule has 0 radical (unpaired) electrons. The van der Waals surface area contributed by atoms with Crippen LogP contribution in [0.15, 0.2) is 29.8 Å². The van der Waals surface area contributed by atoms with E-state index < -0.39 is 15.6 Å². The van der Waals surface area contributed by atoms with Crippen LogP contribution in [0.25, 0.3) is 0 Å². The van der Waals surface area contributed by atoms with Crippen molar-refractivity contribution in [2.24, 2.45) is 0 Å². The van der Waals surface area contributed by atoms with E-state index in [0.717, 1.165) is 25.7 Å². The third-order valence-corrected chi connectivity index (χ3v) is 4.65. The second-order valence-corrected chi connectivity index (χ2v) is 7.19. The van der Waals surface area contributed by atoms with Gasteiger partial charge in [0.05, 0.1) is 6.61 Å². The third kappa shape index (κ3) is 4.90. The van der Waals surface area contributed by atoms with E-state index in [1.807, 2.05) is 6.92 Å². The summed E-state index contributed by atoms with van der Waals surface area (Å²) >= 11 is 0. The van der Waals surface area contributed by atoms with Gasteiger partial charge in [-0.3, -0.25) is 0 Å². The van der Waals surface area contributed by atoms with Crippen molar-refractivity contribution in [1.29, 1.82) is 0 Å². The fraction of sp³-hybridized carbons (Fsp3) is 0.500. The average Bonchev–Trinajstić information content (AvgIpc) is 2.50. The van der Waals surface area contributed by atoms with Crippen LogP contribution in [0, 0.1) is 0 Å². The molecule has 0 bridgehead atoms. The molecular formula is C16H19F3O4S. The van der Waals surface area contributed by atoms with Crippen molar-refractivity contribution in [3.05, 3.63) is 35.4 Å². The zero-order valence-electron chi connectivity index (χ0n) is 13.2. The van der Waals surface area contributed by atoms with Gasteiger partial charge < -0.3 is 8.92 Å². The minimum atomic E-state index is -5.67. The molecule has 24 heavy (non-hydrogen) atoms. The van der Waals surface area contributed by atoms with E-state index in [1.54, 1.807) is 0 Å². The zero-order valence-corrected chi connectivity index (χ0v) is 14.0. The van der Waals surface area contributed by atoms with Crippen molar-refractivity contribution in [3.8, 4) is 11.5 Å². The lowest BCUT2D eigenvalue weighted by Gasteiger charge is -2.14. The van der Waals surface area contributed by atoms with Crippen molar-refractivity contribution < 1.29 is 30.5 Å². The Labute approximate surface area is 139 Å². The summed E-state index contributed by atoms with van der Waals surface area (Å²) in [6, 6.07) is 3.93. The average molecular weight is 364 g/mol. The van der Waals surface area contributed by atoms with Gasteiger partial charge in [0.25, 0.3) is 0 Å². The van der Waals surface area contributed by atoms with E-state index in [9.17, 15) is 21.6 Å². The molecule has 1 aromatic carbocycles. The molecule has 1 heterocycles. The molecule has 0 amide bonds. The van der Waals surface area contributed by atoms with Gasteiger partial charge in [0.1, 0.15) is 11.5 Å². The van der Waals surface area contributed by atoms with E-state index in [4.69, 9.17) is 4.74 Å². The number of benzene rings is 1. The highest BCUT2D eigenvalue weighted by Crippen LogP contribution is 2.31. The number of hydrogen-bond acceptors (Lipinski definition) is 4. The summed E-state index contributed by atoms with van der Waals surface area (Å²) in [5.74, 6) is 0.181. The smallest absolute Gasteiger partial charge is 0.493 e. The second-order valence-electron chi connectivity index (χ2n) is 5.65. The Morgan fingerprint density at radius 3 is 2.62 bits per heavy atom. The molecule has 1 aliphatic rings. The van der Waals surface area contributed by atoms with Crippen molar-refractivity contribution in [2.45, 2.75) is 44.5 Å². The normalized spacial score (nSPS) is 17.1. The Kier molecular flexibility index (Phi) is 5.79. The topological polar surface area (TPSA) is 52.6 Å². The lowest BCUT2D eigenvalue weighted by Crippen LogP contribution is -2.28. The number of aryl methyl sites for hydroxylation is 1. The number of alkyl halides is 3. The molecule has 4 nitrogen and oxygen atoms in total. The van der Waals surface area contributed by atoms with Gasteiger partial charge in [0.2, 0.25) is 0 Å². The number of hydrogen-bond donors (Lipinski definition) is 0. The lowest BCUT2D eigenvalue weighted by molar-refractivity contribution is -0.0500. The molecule has 0 saturated heterocycles. The first-order valence-corrected chi connectivity index (χ1v) is 9.02. The van der Waals surface area contributed by atoms with Crippen LogP contribution in [-0.2, 0) is 16.5 Å². The lowest BCUT2D eigenvalue weighted by atomic mass is 10.1. The summed E-state index contributed by atoms with van der Waals surface area (Å²) in [5.41, 5.74) is -3.58. The van der Waals surface area contributed by atoms with E-state index in [1.165, 1.54) is 23.8 Å². The standard InChI is InChI=1S/C16H19F3O4S/c1-12-5-3-2-4-6-13-11-14(7-8-15(13)22-10-9-12)23-24(20,21)16(17,18)19/h5,7-8,11H,2-4,6,9-10H2,1H3.